The summed E-state index contributed by atoms with van der Waals surface area (Å²) in [4.78, 5) is 16.9. The van der Waals surface area contributed by atoms with Crippen LogP contribution in [0.15, 0.2) is 71.7 Å². The van der Waals surface area contributed by atoms with Crippen LogP contribution >= 0.6 is 0 Å². The van der Waals surface area contributed by atoms with Crippen molar-refractivity contribution in [3.05, 3.63) is 82.8 Å². The van der Waals surface area contributed by atoms with Gasteiger partial charge in [-0.25, -0.2) is 0 Å². The van der Waals surface area contributed by atoms with Gasteiger partial charge in [0.15, 0.2) is 0 Å². The summed E-state index contributed by atoms with van der Waals surface area (Å²) in [6.07, 6.45) is 7.11. The van der Waals surface area contributed by atoms with Gasteiger partial charge in [0.1, 0.15) is 0 Å². The Morgan fingerprint density at radius 3 is 2.38 bits per heavy atom. The number of aromatic nitrogens is 2. The first-order valence-corrected chi connectivity index (χ1v) is 6.51. The molecule has 3 aromatic rings. The molecule has 0 unspecified atom stereocenters. The lowest BCUT2D eigenvalue weighted by Gasteiger charge is -2.13. The molecule has 0 amide bonds. The van der Waals surface area contributed by atoms with E-state index in [4.69, 9.17) is 6.42 Å². The number of benzene rings is 1. The normalized spacial score (nSPS) is 10.0. The summed E-state index contributed by atoms with van der Waals surface area (Å²) in [5.41, 5.74) is 2.32. The molecule has 0 atom stereocenters. The van der Waals surface area contributed by atoms with Gasteiger partial charge in [-0.05, 0) is 36.4 Å². The van der Waals surface area contributed by atoms with E-state index in [1.807, 2.05) is 54.6 Å². The van der Waals surface area contributed by atoms with Crippen molar-refractivity contribution in [2.45, 2.75) is 0 Å². The van der Waals surface area contributed by atoms with Crippen LogP contribution in [0.25, 0.3) is 17.1 Å². The average molecular weight is 272 g/mol. The van der Waals surface area contributed by atoms with E-state index < -0.39 is 0 Å². The van der Waals surface area contributed by atoms with Crippen LogP contribution in [0.3, 0.4) is 0 Å². The fourth-order valence-electron chi connectivity index (χ4n) is 2.20. The number of para-hydroxylation sites is 1. The summed E-state index contributed by atoms with van der Waals surface area (Å²) < 4.78 is 1.59. The van der Waals surface area contributed by atoms with Gasteiger partial charge in [-0.15, -0.1) is 6.42 Å². The standard InChI is InChI=1S/C18H12N2O/c1-2-14-11-12-17(16-10-6-7-13-19-16)20(18(14)21)15-8-4-3-5-9-15/h1,3-13H. The lowest BCUT2D eigenvalue weighted by molar-refractivity contribution is 0.984. The summed E-state index contributed by atoms with van der Waals surface area (Å²) in [5.74, 6) is 2.43. The van der Waals surface area contributed by atoms with Gasteiger partial charge in [-0.2, -0.15) is 0 Å². The molecular weight excluding hydrogens is 260 g/mol. The first-order chi connectivity index (χ1) is 10.3. The van der Waals surface area contributed by atoms with Crippen molar-refractivity contribution in [2.75, 3.05) is 0 Å². The van der Waals surface area contributed by atoms with E-state index in [1.165, 1.54) is 0 Å². The third kappa shape index (κ3) is 2.35. The molecule has 0 saturated carbocycles. The van der Waals surface area contributed by atoms with Crippen LogP contribution in [0.4, 0.5) is 0 Å². The van der Waals surface area contributed by atoms with Crippen LogP contribution < -0.4 is 5.56 Å². The highest BCUT2D eigenvalue weighted by atomic mass is 16.1. The second-order valence-electron chi connectivity index (χ2n) is 4.47. The average Bonchev–Trinajstić information content (AvgIpc) is 2.56. The summed E-state index contributed by atoms with van der Waals surface area (Å²) in [6.45, 7) is 0. The van der Waals surface area contributed by atoms with Crippen molar-refractivity contribution >= 4 is 0 Å². The minimum absolute atomic E-state index is 0.216. The van der Waals surface area contributed by atoms with E-state index in [0.717, 1.165) is 11.4 Å². The lowest BCUT2D eigenvalue weighted by Crippen LogP contribution is -2.22. The Kier molecular flexibility index (Phi) is 3.36. The molecule has 21 heavy (non-hydrogen) atoms. The second-order valence-corrected chi connectivity index (χ2v) is 4.47. The SMILES string of the molecule is C#Cc1ccc(-c2ccccn2)n(-c2ccccc2)c1=O. The van der Waals surface area contributed by atoms with Gasteiger partial charge in [-0.1, -0.05) is 30.2 Å². The molecule has 3 heteroatoms. The maximum atomic E-state index is 12.6. The van der Waals surface area contributed by atoms with Gasteiger partial charge in [-0.3, -0.25) is 14.3 Å². The Bertz CT molecular complexity index is 859. The molecule has 3 nitrogen and oxygen atoms in total. The number of terminal acetylenes is 1. The Balaban J connectivity index is 2.35. The van der Waals surface area contributed by atoms with Crippen LogP contribution in [-0.2, 0) is 0 Å². The molecule has 0 aliphatic carbocycles. The molecule has 2 aromatic heterocycles. The molecule has 0 N–H and O–H groups in total. The van der Waals surface area contributed by atoms with E-state index in [-0.39, 0.29) is 5.56 Å². The van der Waals surface area contributed by atoms with E-state index in [1.54, 1.807) is 16.8 Å². The Labute approximate surface area is 122 Å². The number of hydrogen-bond acceptors (Lipinski definition) is 2. The lowest BCUT2D eigenvalue weighted by atomic mass is 10.1. The van der Waals surface area contributed by atoms with Gasteiger partial charge in [0.2, 0.25) is 0 Å². The number of hydrogen-bond donors (Lipinski definition) is 0. The Morgan fingerprint density at radius 1 is 0.952 bits per heavy atom. The minimum atomic E-state index is -0.216. The van der Waals surface area contributed by atoms with Crippen LogP contribution in [0.5, 0.6) is 0 Å². The maximum absolute atomic E-state index is 12.6. The predicted octanol–water partition coefficient (Wildman–Crippen LogP) is 2.88. The van der Waals surface area contributed by atoms with E-state index >= 15 is 0 Å². The zero-order valence-corrected chi connectivity index (χ0v) is 11.2. The van der Waals surface area contributed by atoms with Gasteiger partial charge >= 0.3 is 0 Å². The zero-order valence-electron chi connectivity index (χ0n) is 11.2. The van der Waals surface area contributed by atoms with Crippen LogP contribution in [0.1, 0.15) is 5.56 Å². The highest BCUT2D eigenvalue weighted by Crippen LogP contribution is 2.19. The predicted molar refractivity (Wildman–Crippen MR) is 83.2 cm³/mol. The molecule has 0 aliphatic rings. The Morgan fingerprint density at radius 2 is 1.71 bits per heavy atom. The number of nitrogens with zero attached hydrogens (tertiary/aromatic N) is 2. The largest absolute Gasteiger partial charge is 0.274 e. The van der Waals surface area contributed by atoms with Crippen molar-refractivity contribution in [3.8, 4) is 29.4 Å². The third-order valence-electron chi connectivity index (χ3n) is 3.18. The Hall–Kier alpha value is -3.12. The quantitative estimate of drug-likeness (QED) is 0.672. The summed E-state index contributed by atoms with van der Waals surface area (Å²) in [5, 5.41) is 0. The summed E-state index contributed by atoms with van der Waals surface area (Å²) in [6, 6.07) is 18.5. The smallest absolute Gasteiger partial charge is 0.271 e. The molecule has 0 spiro atoms. The molecule has 100 valence electrons. The van der Waals surface area contributed by atoms with Crippen LogP contribution in [0, 0.1) is 12.3 Å². The van der Waals surface area contributed by atoms with Crippen molar-refractivity contribution in [2.24, 2.45) is 0 Å². The number of rotatable bonds is 2. The maximum Gasteiger partial charge on any atom is 0.271 e. The summed E-state index contributed by atoms with van der Waals surface area (Å²) >= 11 is 0. The summed E-state index contributed by atoms with van der Waals surface area (Å²) in [7, 11) is 0. The highest BCUT2D eigenvalue weighted by molar-refractivity contribution is 5.59. The van der Waals surface area contributed by atoms with Crippen LogP contribution in [0.2, 0.25) is 0 Å². The molecule has 0 saturated heterocycles. The molecule has 0 aliphatic heterocycles. The molecule has 0 bridgehead atoms. The second kappa shape index (κ2) is 5.48. The number of pyridine rings is 2. The minimum Gasteiger partial charge on any atom is -0.274 e. The van der Waals surface area contributed by atoms with Gasteiger partial charge in [0, 0.05) is 11.9 Å². The third-order valence-corrected chi connectivity index (χ3v) is 3.18. The first kappa shape index (κ1) is 12.9. The van der Waals surface area contributed by atoms with Crippen LogP contribution in [-0.4, -0.2) is 9.55 Å². The topological polar surface area (TPSA) is 34.9 Å². The van der Waals surface area contributed by atoms with Gasteiger partial charge in [0.25, 0.3) is 5.56 Å². The molecule has 3 rings (SSSR count). The van der Waals surface area contributed by atoms with E-state index in [9.17, 15) is 4.79 Å². The molecule has 0 radical (unpaired) electrons. The molecular formula is C18H12N2O. The van der Waals surface area contributed by atoms with Crippen molar-refractivity contribution < 1.29 is 0 Å². The highest BCUT2D eigenvalue weighted by Gasteiger charge is 2.11. The van der Waals surface area contributed by atoms with E-state index in [0.29, 0.717) is 11.3 Å². The van der Waals surface area contributed by atoms with Crippen molar-refractivity contribution in [1.82, 2.24) is 9.55 Å². The fraction of sp³-hybridized carbons (Fsp3) is 0. The fourth-order valence-corrected chi connectivity index (χ4v) is 2.20. The van der Waals surface area contributed by atoms with Gasteiger partial charge in [0.05, 0.1) is 17.0 Å². The first-order valence-electron chi connectivity index (χ1n) is 6.51. The monoisotopic (exact) mass is 272 g/mol. The molecule has 1 aromatic carbocycles. The van der Waals surface area contributed by atoms with Gasteiger partial charge < -0.3 is 0 Å². The zero-order chi connectivity index (χ0) is 14.7. The van der Waals surface area contributed by atoms with Crippen molar-refractivity contribution in [1.29, 1.82) is 0 Å². The molecule has 0 fully saturated rings. The molecule has 2 heterocycles. The van der Waals surface area contributed by atoms with Crippen molar-refractivity contribution in [3.63, 3.8) is 0 Å². The van der Waals surface area contributed by atoms with E-state index in [2.05, 4.69) is 10.9 Å².